The average molecular weight is 206 g/mol. The van der Waals surface area contributed by atoms with E-state index < -0.39 is 5.66 Å². The van der Waals surface area contributed by atoms with E-state index in [-0.39, 0.29) is 0 Å². The molecule has 0 fully saturated rings. The molecule has 1 aromatic rings. The number of aromatic nitrogens is 2. The number of hydrogen-bond acceptors (Lipinski definition) is 5. The summed E-state index contributed by atoms with van der Waals surface area (Å²) in [6.07, 6.45) is 8.43. The first-order valence-electron chi connectivity index (χ1n) is 4.74. The largest absolute Gasteiger partial charge is 0.370 e. The average Bonchev–Trinajstić information content (AvgIpc) is 2.67. The smallest absolute Gasteiger partial charge is 0.194 e. The van der Waals surface area contributed by atoms with E-state index in [0.29, 0.717) is 12.4 Å². The van der Waals surface area contributed by atoms with Crippen LogP contribution >= 0.6 is 0 Å². The van der Waals surface area contributed by atoms with Gasteiger partial charge in [0, 0.05) is 18.1 Å². The number of nitrogens with two attached hydrogens (primary N) is 2. The summed E-state index contributed by atoms with van der Waals surface area (Å²) in [5.41, 5.74) is 11.9. The van der Waals surface area contributed by atoms with E-state index in [1.807, 2.05) is 0 Å². The van der Waals surface area contributed by atoms with Crippen LogP contribution in [0.25, 0.3) is 0 Å². The first-order valence-corrected chi connectivity index (χ1v) is 4.74. The van der Waals surface area contributed by atoms with Crippen LogP contribution in [0.15, 0.2) is 29.8 Å². The number of aliphatic imine (C=N–C) groups is 1. The van der Waals surface area contributed by atoms with Gasteiger partial charge < -0.3 is 21.8 Å². The van der Waals surface area contributed by atoms with Gasteiger partial charge in [-0.3, -0.25) is 0 Å². The second-order valence-electron chi connectivity index (χ2n) is 3.54. The van der Waals surface area contributed by atoms with Crippen LogP contribution in [-0.4, -0.2) is 21.6 Å². The molecule has 6 heteroatoms. The van der Waals surface area contributed by atoms with Crippen molar-refractivity contribution in [2.24, 2.45) is 16.5 Å². The molecule has 0 amide bonds. The molecule has 1 aliphatic heterocycles. The molecule has 0 radical (unpaired) electrons. The van der Waals surface area contributed by atoms with Crippen LogP contribution in [0.4, 0.5) is 0 Å². The topological polar surface area (TPSA) is 105 Å². The number of hydrogen-bond donors (Lipinski definition) is 4. The van der Waals surface area contributed by atoms with Gasteiger partial charge in [-0.15, -0.1) is 0 Å². The van der Waals surface area contributed by atoms with Gasteiger partial charge in [0.05, 0.1) is 6.33 Å². The molecule has 80 valence electrons. The molecule has 0 aromatic carbocycles. The molecule has 15 heavy (non-hydrogen) atoms. The fourth-order valence-corrected chi connectivity index (χ4v) is 1.46. The van der Waals surface area contributed by atoms with Crippen LogP contribution in [0, 0.1) is 0 Å². The van der Waals surface area contributed by atoms with Crippen molar-refractivity contribution in [1.29, 1.82) is 0 Å². The van der Waals surface area contributed by atoms with Gasteiger partial charge in [-0.25, -0.2) is 9.98 Å². The molecular weight excluding hydrogens is 192 g/mol. The van der Waals surface area contributed by atoms with Crippen LogP contribution in [-0.2, 0) is 6.42 Å². The van der Waals surface area contributed by atoms with E-state index >= 15 is 0 Å². The minimum Gasteiger partial charge on any atom is -0.370 e. The van der Waals surface area contributed by atoms with Crippen molar-refractivity contribution < 1.29 is 0 Å². The molecule has 1 atom stereocenters. The van der Waals surface area contributed by atoms with E-state index in [2.05, 4.69) is 20.3 Å². The van der Waals surface area contributed by atoms with Gasteiger partial charge in [-0.2, -0.15) is 0 Å². The van der Waals surface area contributed by atoms with Gasteiger partial charge in [-0.1, -0.05) is 0 Å². The Hall–Kier alpha value is -1.82. The monoisotopic (exact) mass is 206 g/mol. The summed E-state index contributed by atoms with van der Waals surface area (Å²) in [5.74, 6) is 0.351. The molecule has 1 aliphatic rings. The lowest BCUT2D eigenvalue weighted by molar-refractivity contribution is 0.498. The first-order chi connectivity index (χ1) is 7.18. The summed E-state index contributed by atoms with van der Waals surface area (Å²) < 4.78 is 0. The van der Waals surface area contributed by atoms with Crippen LogP contribution in [0.2, 0.25) is 0 Å². The molecule has 1 unspecified atom stereocenters. The Morgan fingerprint density at radius 1 is 1.47 bits per heavy atom. The summed E-state index contributed by atoms with van der Waals surface area (Å²) in [4.78, 5) is 11.1. The standard InChI is InChI=1S/C9H14N6/c10-8-13-4-3-9(11,15-8)2-1-7-5-12-6-14-7/h3-6H,1-2,11H2,(H,12,14)(H3,10,13,15). The predicted octanol–water partition coefficient (Wildman–Crippen LogP) is -0.571. The van der Waals surface area contributed by atoms with Crippen molar-refractivity contribution in [1.82, 2.24) is 15.3 Å². The molecule has 2 heterocycles. The fourth-order valence-electron chi connectivity index (χ4n) is 1.46. The van der Waals surface area contributed by atoms with Crippen molar-refractivity contribution in [2.75, 3.05) is 0 Å². The third kappa shape index (κ3) is 2.35. The first kappa shape index (κ1) is 9.72. The summed E-state index contributed by atoms with van der Waals surface area (Å²) in [5, 5.41) is 2.78. The Bertz CT molecular complexity index is 379. The third-order valence-electron chi connectivity index (χ3n) is 2.28. The Kier molecular flexibility index (Phi) is 2.42. The lowest BCUT2D eigenvalue weighted by atomic mass is 10.0. The Balaban J connectivity index is 1.99. The molecule has 2 rings (SSSR count). The van der Waals surface area contributed by atoms with Crippen molar-refractivity contribution in [3.05, 3.63) is 30.5 Å². The molecule has 0 spiro atoms. The molecule has 0 bridgehead atoms. The number of nitrogens with zero attached hydrogens (tertiary/aromatic N) is 2. The van der Waals surface area contributed by atoms with Gasteiger partial charge in [0.2, 0.25) is 0 Å². The number of imidazole rings is 1. The van der Waals surface area contributed by atoms with Gasteiger partial charge in [0.25, 0.3) is 0 Å². The van der Waals surface area contributed by atoms with Crippen LogP contribution in [0.3, 0.4) is 0 Å². The van der Waals surface area contributed by atoms with E-state index in [4.69, 9.17) is 11.5 Å². The number of guanidine groups is 1. The summed E-state index contributed by atoms with van der Waals surface area (Å²) in [6.45, 7) is 0. The van der Waals surface area contributed by atoms with Crippen molar-refractivity contribution in [3.63, 3.8) is 0 Å². The van der Waals surface area contributed by atoms with Crippen molar-refractivity contribution >= 4 is 5.96 Å². The SMILES string of the molecule is NC1=NC(N)(CCc2cnc[nH]2)C=CN1. The number of aryl methyl sites for hydroxylation is 1. The Labute approximate surface area is 87.5 Å². The number of nitrogens with one attached hydrogen (secondary N) is 2. The second kappa shape index (κ2) is 3.74. The van der Waals surface area contributed by atoms with E-state index in [9.17, 15) is 0 Å². The number of aromatic amines is 1. The Morgan fingerprint density at radius 3 is 3.00 bits per heavy atom. The molecule has 0 saturated carbocycles. The molecule has 0 saturated heterocycles. The van der Waals surface area contributed by atoms with E-state index in [1.54, 1.807) is 24.8 Å². The lowest BCUT2D eigenvalue weighted by Gasteiger charge is -2.24. The fraction of sp³-hybridized carbons (Fsp3) is 0.333. The normalized spacial score (nSPS) is 24.7. The van der Waals surface area contributed by atoms with Crippen molar-refractivity contribution in [2.45, 2.75) is 18.5 Å². The van der Waals surface area contributed by atoms with Crippen LogP contribution in [0.5, 0.6) is 0 Å². The Morgan fingerprint density at radius 2 is 2.33 bits per heavy atom. The lowest BCUT2D eigenvalue weighted by Crippen LogP contribution is -2.44. The minimum atomic E-state index is -0.708. The maximum absolute atomic E-state index is 6.04. The summed E-state index contributed by atoms with van der Waals surface area (Å²) in [7, 11) is 0. The maximum Gasteiger partial charge on any atom is 0.194 e. The highest BCUT2D eigenvalue weighted by Crippen LogP contribution is 2.15. The summed E-state index contributed by atoms with van der Waals surface area (Å²) >= 11 is 0. The summed E-state index contributed by atoms with van der Waals surface area (Å²) in [6, 6.07) is 0. The highest BCUT2D eigenvalue weighted by molar-refractivity contribution is 5.80. The van der Waals surface area contributed by atoms with Crippen LogP contribution < -0.4 is 16.8 Å². The zero-order valence-electron chi connectivity index (χ0n) is 8.27. The zero-order chi connectivity index (χ0) is 10.7. The highest BCUT2D eigenvalue weighted by atomic mass is 15.2. The molecule has 6 nitrogen and oxygen atoms in total. The van der Waals surface area contributed by atoms with Gasteiger partial charge in [-0.05, 0) is 18.9 Å². The van der Waals surface area contributed by atoms with Crippen LogP contribution in [0.1, 0.15) is 12.1 Å². The minimum absolute atomic E-state index is 0.351. The number of rotatable bonds is 3. The van der Waals surface area contributed by atoms with Gasteiger partial charge >= 0.3 is 0 Å². The van der Waals surface area contributed by atoms with E-state index in [0.717, 1.165) is 12.1 Å². The van der Waals surface area contributed by atoms with Gasteiger partial charge in [0.1, 0.15) is 5.66 Å². The molecule has 6 N–H and O–H groups in total. The molecule has 0 aliphatic carbocycles. The van der Waals surface area contributed by atoms with Gasteiger partial charge in [0.15, 0.2) is 5.96 Å². The molecule has 1 aromatic heterocycles. The quantitative estimate of drug-likeness (QED) is 0.531. The zero-order valence-corrected chi connectivity index (χ0v) is 8.27. The highest BCUT2D eigenvalue weighted by Gasteiger charge is 2.23. The predicted molar refractivity (Wildman–Crippen MR) is 57.7 cm³/mol. The number of H-pyrrole nitrogens is 1. The maximum atomic E-state index is 6.04. The van der Waals surface area contributed by atoms with Crippen molar-refractivity contribution in [3.8, 4) is 0 Å². The molecular formula is C9H14N6. The van der Waals surface area contributed by atoms with E-state index in [1.165, 1.54) is 0 Å². The third-order valence-corrected chi connectivity index (χ3v) is 2.28. The second-order valence-corrected chi connectivity index (χ2v) is 3.54.